The number of amides is 1. The van der Waals surface area contributed by atoms with Crippen molar-refractivity contribution in [2.24, 2.45) is 0 Å². The van der Waals surface area contributed by atoms with Gasteiger partial charge in [-0.2, -0.15) is 26.3 Å². The number of hydroxylamine groups is 1. The van der Waals surface area contributed by atoms with Crippen molar-refractivity contribution in [3.63, 3.8) is 0 Å². The molecule has 3 rings (SSSR count). The Morgan fingerprint density at radius 2 is 1.64 bits per heavy atom. The van der Waals surface area contributed by atoms with Crippen LogP contribution in [0, 0.1) is 0 Å². The maximum absolute atomic E-state index is 14.1. The average molecular weight is 535 g/mol. The quantitative estimate of drug-likeness (QED) is 0.308. The summed E-state index contributed by atoms with van der Waals surface area (Å²) in [5, 5.41) is -0.104. The first kappa shape index (κ1) is 25.3. The highest BCUT2D eigenvalue weighted by Crippen LogP contribution is 2.48. The Kier molecular flexibility index (Phi) is 6.99. The predicted molar refractivity (Wildman–Crippen MR) is 110 cm³/mol. The molecule has 0 aliphatic carbocycles. The van der Waals surface area contributed by atoms with E-state index in [0.29, 0.717) is 0 Å². The Balaban J connectivity index is 1.93. The van der Waals surface area contributed by atoms with Crippen molar-refractivity contribution >= 4 is 52.1 Å². The summed E-state index contributed by atoms with van der Waals surface area (Å²) in [6.45, 7) is 0. The van der Waals surface area contributed by atoms with Crippen LogP contribution in [0.5, 0.6) is 0 Å². The summed E-state index contributed by atoms with van der Waals surface area (Å²) in [5.41, 5.74) is 2.82. The van der Waals surface area contributed by atoms with Crippen molar-refractivity contribution in [3.05, 3.63) is 68.7 Å². The molecule has 2 aromatic carbocycles. The number of halogens is 9. The van der Waals surface area contributed by atoms with E-state index in [4.69, 9.17) is 39.6 Å². The lowest BCUT2D eigenvalue weighted by Gasteiger charge is -2.28. The van der Waals surface area contributed by atoms with Crippen LogP contribution in [0.1, 0.15) is 17.5 Å². The average Bonchev–Trinajstić information content (AvgIpc) is 3.12. The highest BCUT2D eigenvalue weighted by atomic mass is 35.5. The minimum atomic E-state index is -4.94. The molecule has 1 atom stereocenters. The highest BCUT2D eigenvalue weighted by molar-refractivity contribution is 6.34. The second kappa shape index (κ2) is 9.13. The van der Waals surface area contributed by atoms with Crippen LogP contribution in [-0.4, -0.2) is 18.3 Å². The van der Waals surface area contributed by atoms with Crippen molar-refractivity contribution < 1.29 is 36.0 Å². The first-order chi connectivity index (χ1) is 15.2. The van der Waals surface area contributed by atoms with Gasteiger partial charge in [0.05, 0.1) is 16.4 Å². The minimum absolute atomic E-state index is 0.0192. The maximum atomic E-state index is 14.1. The largest absolute Gasteiger partial charge is 0.428 e. The van der Waals surface area contributed by atoms with E-state index in [-0.39, 0.29) is 37.6 Å². The lowest BCUT2D eigenvalue weighted by molar-refractivity contribution is -0.269. The fraction of sp³-hybridized carbons (Fsp3) is 0.211. The van der Waals surface area contributed by atoms with E-state index in [1.807, 2.05) is 5.43 Å². The molecule has 0 fully saturated rings. The van der Waals surface area contributed by atoms with Crippen LogP contribution in [0.3, 0.4) is 0 Å². The number of hydrazine groups is 1. The molecule has 0 saturated heterocycles. The summed E-state index contributed by atoms with van der Waals surface area (Å²) in [4.78, 5) is 16.3. The fourth-order valence-electron chi connectivity index (χ4n) is 2.91. The summed E-state index contributed by atoms with van der Waals surface area (Å²) < 4.78 is 79.1. The molecule has 5 nitrogen and oxygen atoms in total. The molecule has 0 spiro atoms. The zero-order valence-electron chi connectivity index (χ0n) is 16.0. The molecular formula is C19H12Cl3F6N3O2. The Hall–Kier alpha value is -2.34. The van der Waals surface area contributed by atoms with Gasteiger partial charge in [0.1, 0.15) is 6.42 Å². The Morgan fingerprint density at radius 3 is 2.21 bits per heavy atom. The van der Waals surface area contributed by atoms with Crippen LogP contribution in [-0.2, 0) is 15.2 Å². The molecule has 0 bridgehead atoms. The van der Waals surface area contributed by atoms with Gasteiger partial charge < -0.3 is 0 Å². The molecule has 1 amide bonds. The molecule has 1 heterocycles. The van der Waals surface area contributed by atoms with Crippen LogP contribution in [0.25, 0.3) is 5.70 Å². The molecule has 0 radical (unpaired) electrons. The van der Waals surface area contributed by atoms with Crippen molar-refractivity contribution in [1.82, 2.24) is 10.9 Å². The number of hydrogen-bond donors (Lipinski definition) is 3. The van der Waals surface area contributed by atoms with Crippen molar-refractivity contribution in [1.29, 1.82) is 0 Å². The third kappa shape index (κ3) is 5.78. The molecule has 3 N–H and O–H groups in total. The van der Waals surface area contributed by atoms with Gasteiger partial charge in [0, 0.05) is 21.2 Å². The zero-order valence-corrected chi connectivity index (χ0v) is 18.2. The molecule has 14 heteroatoms. The number of alkyl halides is 6. The number of hydrogen-bond acceptors (Lipinski definition) is 4. The minimum Gasteiger partial charge on any atom is -0.297 e. The van der Waals surface area contributed by atoms with Gasteiger partial charge in [-0.05, 0) is 36.4 Å². The summed E-state index contributed by atoms with van der Waals surface area (Å²) in [6.07, 6.45) is -10.6. The fourth-order valence-corrected chi connectivity index (χ4v) is 3.60. The third-order valence-electron chi connectivity index (χ3n) is 4.36. The smallest absolute Gasteiger partial charge is 0.297 e. The van der Waals surface area contributed by atoms with E-state index in [1.54, 1.807) is 0 Å². The molecule has 1 aliphatic heterocycles. The van der Waals surface area contributed by atoms with Gasteiger partial charge in [0.25, 0.3) is 0 Å². The van der Waals surface area contributed by atoms with E-state index >= 15 is 0 Å². The standard InChI is InChI=1S/C19H12Cl3F6N3O2/c20-11-4-10(5-12(21)6-11)17(19(26,27)28)7-15(31-33-17)9-1-2-13(22)14(3-9)29-30-16(32)8-18(23,24)25/h1-7,29,31H,8H2,(H,30,32). The maximum Gasteiger partial charge on any atom is 0.428 e. The second-order valence-corrected chi connectivity index (χ2v) is 8.09. The molecule has 178 valence electrons. The van der Waals surface area contributed by atoms with Crippen LogP contribution >= 0.6 is 34.8 Å². The Labute approximate surface area is 197 Å². The molecule has 0 aromatic heterocycles. The lowest BCUT2D eigenvalue weighted by atomic mass is 9.91. The number of anilines is 1. The number of benzene rings is 2. The van der Waals surface area contributed by atoms with E-state index in [0.717, 1.165) is 18.2 Å². The van der Waals surface area contributed by atoms with Crippen LogP contribution in [0.15, 0.2) is 42.5 Å². The Bertz CT molecular complexity index is 1090. The van der Waals surface area contributed by atoms with E-state index in [2.05, 4.69) is 10.9 Å². The van der Waals surface area contributed by atoms with E-state index < -0.39 is 30.3 Å². The molecule has 2 aromatic rings. The second-order valence-electron chi connectivity index (χ2n) is 6.81. The van der Waals surface area contributed by atoms with Gasteiger partial charge in [-0.25, -0.2) is 0 Å². The van der Waals surface area contributed by atoms with Crippen LogP contribution in [0.4, 0.5) is 32.0 Å². The number of carbonyl (C=O) groups is 1. The number of rotatable bonds is 5. The number of carbonyl (C=O) groups excluding carboxylic acids is 1. The number of nitrogens with one attached hydrogen (secondary N) is 3. The summed E-state index contributed by atoms with van der Waals surface area (Å²) in [7, 11) is 0. The van der Waals surface area contributed by atoms with Crippen LogP contribution in [0.2, 0.25) is 15.1 Å². The summed E-state index contributed by atoms with van der Waals surface area (Å²) >= 11 is 17.7. The van der Waals surface area contributed by atoms with Gasteiger partial charge in [-0.1, -0.05) is 40.9 Å². The lowest BCUT2D eigenvalue weighted by Crippen LogP contribution is -2.42. The highest BCUT2D eigenvalue weighted by Gasteiger charge is 2.59. The topological polar surface area (TPSA) is 62.4 Å². The zero-order chi connectivity index (χ0) is 24.6. The molecule has 1 aliphatic rings. The van der Waals surface area contributed by atoms with Gasteiger partial charge in [-0.15, -0.1) is 0 Å². The Morgan fingerprint density at radius 1 is 1.00 bits per heavy atom. The van der Waals surface area contributed by atoms with Gasteiger partial charge in [0.15, 0.2) is 0 Å². The van der Waals surface area contributed by atoms with Crippen molar-refractivity contribution in [2.75, 3.05) is 5.43 Å². The molecular weight excluding hydrogens is 523 g/mol. The monoisotopic (exact) mass is 533 g/mol. The van der Waals surface area contributed by atoms with Gasteiger partial charge in [-0.3, -0.25) is 26.0 Å². The summed E-state index contributed by atoms with van der Waals surface area (Å²) in [6, 6.07) is 7.16. The van der Waals surface area contributed by atoms with Gasteiger partial charge in [0.2, 0.25) is 11.5 Å². The first-order valence-corrected chi connectivity index (χ1v) is 9.95. The molecule has 33 heavy (non-hydrogen) atoms. The predicted octanol–water partition coefficient (Wildman–Crippen LogP) is 6.38. The normalized spacial score (nSPS) is 18.5. The first-order valence-electron chi connectivity index (χ1n) is 8.82. The van der Waals surface area contributed by atoms with E-state index in [1.165, 1.54) is 24.3 Å². The van der Waals surface area contributed by atoms with Crippen molar-refractivity contribution in [3.8, 4) is 0 Å². The molecule has 0 saturated carbocycles. The SMILES string of the molecule is O=C(CC(F)(F)F)NNc1cc(C2=CC(c3cc(Cl)cc(Cl)c3)(C(F)(F)F)ON2)ccc1Cl. The summed E-state index contributed by atoms with van der Waals surface area (Å²) in [5.74, 6) is -1.39. The van der Waals surface area contributed by atoms with E-state index in [9.17, 15) is 31.1 Å². The molecule has 1 unspecified atom stereocenters. The van der Waals surface area contributed by atoms with Crippen molar-refractivity contribution in [2.45, 2.75) is 24.4 Å². The van der Waals surface area contributed by atoms with Gasteiger partial charge >= 0.3 is 12.4 Å². The van der Waals surface area contributed by atoms with Crippen LogP contribution < -0.4 is 16.3 Å². The third-order valence-corrected chi connectivity index (χ3v) is 5.12.